The summed E-state index contributed by atoms with van der Waals surface area (Å²) in [5, 5.41) is 4.05. The Bertz CT molecular complexity index is 1730. The number of benzene rings is 5. The van der Waals surface area contributed by atoms with Crippen molar-refractivity contribution in [2.24, 2.45) is 4.99 Å². The smallest absolute Gasteiger partial charge is 0.217 e. The third kappa shape index (κ3) is 5.87. The van der Waals surface area contributed by atoms with E-state index in [1.807, 2.05) is 6.07 Å². The molecule has 0 aromatic heterocycles. The van der Waals surface area contributed by atoms with Crippen molar-refractivity contribution in [1.82, 2.24) is 0 Å². The highest BCUT2D eigenvalue weighted by Crippen LogP contribution is 2.37. The average molecular weight is 598 g/mol. The van der Waals surface area contributed by atoms with Crippen molar-refractivity contribution in [3.05, 3.63) is 149 Å². The minimum Gasteiger partial charge on any atom is -0.497 e. The minimum absolute atomic E-state index is 0.0473. The first-order chi connectivity index (χ1) is 21.7. The van der Waals surface area contributed by atoms with Crippen molar-refractivity contribution in [1.29, 1.82) is 0 Å². The number of ether oxygens (including phenoxy) is 3. The zero-order chi connectivity index (χ0) is 29.9. The molecule has 5 aromatic carbocycles. The molecule has 5 aliphatic rings. The van der Waals surface area contributed by atoms with E-state index in [1.54, 1.807) is 14.2 Å². The fourth-order valence-corrected chi connectivity index (χ4v) is 8.71. The molecule has 0 saturated heterocycles. The molecule has 5 heteroatoms. The third-order valence-electron chi connectivity index (χ3n) is 8.66. The fourth-order valence-electron chi connectivity index (χ4n) is 6.20. The van der Waals surface area contributed by atoms with E-state index in [4.69, 9.17) is 19.2 Å². The Kier molecular flexibility index (Phi) is 8.18. The second-order valence-electron chi connectivity index (χ2n) is 11.4. The highest BCUT2D eigenvalue weighted by molar-refractivity contribution is 7.79. The van der Waals surface area contributed by atoms with Crippen LogP contribution in [0.5, 0.6) is 11.5 Å². The van der Waals surface area contributed by atoms with Crippen LogP contribution in [-0.4, -0.2) is 26.7 Å². The SMILES string of the molecule is COc1ccc(P(c2ccc(OC)cc2)c2cc3ccc2CCc2ccc(c(C4=N[C@H](c5ccccc5)CO4)c2)CC3)cc1. The summed E-state index contributed by atoms with van der Waals surface area (Å²) >= 11 is 0. The number of hydrogen-bond donors (Lipinski definition) is 0. The van der Waals surface area contributed by atoms with Gasteiger partial charge in [0.05, 0.1) is 14.2 Å². The minimum atomic E-state index is -0.782. The summed E-state index contributed by atoms with van der Waals surface area (Å²) in [4.78, 5) is 5.05. The van der Waals surface area contributed by atoms with Gasteiger partial charge < -0.3 is 14.2 Å². The van der Waals surface area contributed by atoms with E-state index in [0.29, 0.717) is 6.61 Å². The summed E-state index contributed by atoms with van der Waals surface area (Å²) in [6.45, 7) is 0.591. The van der Waals surface area contributed by atoms with Gasteiger partial charge in [0.15, 0.2) is 0 Å². The predicted molar refractivity (Wildman–Crippen MR) is 181 cm³/mol. The van der Waals surface area contributed by atoms with Crippen molar-refractivity contribution >= 4 is 29.7 Å². The van der Waals surface area contributed by atoms with Crippen LogP contribution in [-0.2, 0) is 30.4 Å². The van der Waals surface area contributed by atoms with E-state index < -0.39 is 7.92 Å². The average Bonchev–Trinajstić information content (AvgIpc) is 3.58. The number of aliphatic imine (C=N–C) groups is 1. The van der Waals surface area contributed by atoms with Gasteiger partial charge in [0, 0.05) is 5.56 Å². The molecule has 0 fully saturated rings. The molecule has 1 atom stereocenters. The van der Waals surface area contributed by atoms with Gasteiger partial charge in [-0.15, -0.1) is 0 Å². The summed E-state index contributed by atoms with van der Waals surface area (Å²) in [6.07, 6.45) is 3.78. The van der Waals surface area contributed by atoms with Crippen LogP contribution in [0, 0.1) is 0 Å². The van der Waals surface area contributed by atoms with Gasteiger partial charge in [0.1, 0.15) is 24.1 Å². The Morgan fingerprint density at radius 1 is 0.636 bits per heavy atom. The van der Waals surface area contributed by atoms with E-state index in [2.05, 4.69) is 109 Å². The van der Waals surface area contributed by atoms with Crippen LogP contribution >= 0.6 is 7.92 Å². The molecule has 1 aliphatic heterocycles. The molecule has 0 unspecified atom stereocenters. The normalized spacial score (nSPS) is 15.8. The molecule has 4 nitrogen and oxygen atoms in total. The van der Waals surface area contributed by atoms with Crippen LogP contribution in [0.2, 0.25) is 0 Å². The summed E-state index contributed by atoms with van der Waals surface area (Å²) in [5.41, 5.74) is 7.70. The molecule has 44 heavy (non-hydrogen) atoms. The second kappa shape index (κ2) is 12.7. The van der Waals surface area contributed by atoms with E-state index in [9.17, 15) is 0 Å². The van der Waals surface area contributed by atoms with Gasteiger partial charge in [0.2, 0.25) is 5.90 Å². The number of rotatable bonds is 7. The van der Waals surface area contributed by atoms with Crippen LogP contribution < -0.4 is 25.4 Å². The molecule has 1 heterocycles. The van der Waals surface area contributed by atoms with Crippen molar-refractivity contribution < 1.29 is 14.2 Å². The number of aryl methyl sites for hydroxylation is 4. The summed E-state index contributed by atoms with van der Waals surface area (Å²) in [6, 6.07) is 41.8. The lowest BCUT2D eigenvalue weighted by atomic mass is 9.93. The highest BCUT2D eigenvalue weighted by atomic mass is 31.1. The molecule has 0 spiro atoms. The zero-order valence-corrected chi connectivity index (χ0v) is 26.1. The molecular formula is C39H36NO3P. The van der Waals surface area contributed by atoms with E-state index in [0.717, 1.165) is 48.6 Å². The van der Waals surface area contributed by atoms with Crippen LogP contribution in [0.4, 0.5) is 0 Å². The predicted octanol–water partition coefficient (Wildman–Crippen LogP) is 6.86. The maximum absolute atomic E-state index is 6.24. The fraction of sp³-hybridized carbons (Fsp3) is 0.205. The second-order valence-corrected chi connectivity index (χ2v) is 13.5. The first-order valence-electron chi connectivity index (χ1n) is 15.3. The zero-order valence-electron chi connectivity index (χ0n) is 25.2. The van der Waals surface area contributed by atoms with E-state index >= 15 is 0 Å². The number of nitrogens with zero attached hydrogens (tertiary/aromatic N) is 1. The lowest BCUT2D eigenvalue weighted by Crippen LogP contribution is -2.24. The van der Waals surface area contributed by atoms with Gasteiger partial charge in [-0.1, -0.05) is 84.9 Å². The molecule has 4 bridgehead atoms. The lowest BCUT2D eigenvalue weighted by Gasteiger charge is -2.24. The molecule has 4 aliphatic carbocycles. The highest BCUT2D eigenvalue weighted by Gasteiger charge is 2.25. The van der Waals surface area contributed by atoms with E-state index in [1.165, 1.54) is 43.7 Å². The Hall–Kier alpha value is -4.40. The molecule has 10 rings (SSSR count). The van der Waals surface area contributed by atoms with Crippen LogP contribution in [0.3, 0.4) is 0 Å². The Balaban J connectivity index is 1.25. The standard InChI is InChI=1S/C39H36NO3P/c1-41-32-16-20-34(21-17-32)44(35-22-18-33(42-2)19-23-35)38-25-28-9-13-29-12-8-27(10-14-31(38)15-11-28)24-36(29)39-40-37(26-43-39)30-6-4-3-5-7-30/h3-8,11-12,15-25,37H,9-10,13-14,26H2,1-2H3/t37-/m0/s1. The molecule has 0 amide bonds. The lowest BCUT2D eigenvalue weighted by molar-refractivity contribution is 0.319. The monoisotopic (exact) mass is 597 g/mol. The summed E-state index contributed by atoms with van der Waals surface area (Å²) < 4.78 is 17.2. The molecule has 0 saturated carbocycles. The van der Waals surface area contributed by atoms with Crippen molar-refractivity contribution in [2.75, 3.05) is 20.8 Å². The number of hydrogen-bond acceptors (Lipinski definition) is 4. The Morgan fingerprint density at radius 2 is 1.23 bits per heavy atom. The van der Waals surface area contributed by atoms with Crippen LogP contribution in [0.25, 0.3) is 0 Å². The van der Waals surface area contributed by atoms with Gasteiger partial charge in [-0.05, 0) is 108 Å². The van der Waals surface area contributed by atoms with Crippen molar-refractivity contribution in [2.45, 2.75) is 31.7 Å². The van der Waals surface area contributed by atoms with Crippen LogP contribution in [0.1, 0.15) is 39.4 Å². The molecule has 0 radical (unpaired) electrons. The molecular weight excluding hydrogens is 561 g/mol. The largest absolute Gasteiger partial charge is 0.497 e. The van der Waals surface area contributed by atoms with Gasteiger partial charge in [-0.25, -0.2) is 4.99 Å². The van der Waals surface area contributed by atoms with Gasteiger partial charge in [-0.2, -0.15) is 0 Å². The van der Waals surface area contributed by atoms with Gasteiger partial charge in [0.25, 0.3) is 0 Å². The summed E-state index contributed by atoms with van der Waals surface area (Å²) in [7, 11) is 2.66. The maximum atomic E-state index is 6.24. The molecule has 5 aromatic rings. The molecule has 0 N–H and O–H groups in total. The summed E-state index contributed by atoms with van der Waals surface area (Å²) in [5.74, 6) is 2.53. The number of methoxy groups -OCH3 is 2. The first-order valence-corrected chi connectivity index (χ1v) is 16.6. The van der Waals surface area contributed by atoms with Crippen molar-refractivity contribution in [3.8, 4) is 11.5 Å². The quantitative estimate of drug-likeness (QED) is 0.193. The molecule has 220 valence electrons. The first kappa shape index (κ1) is 28.4. The van der Waals surface area contributed by atoms with E-state index in [-0.39, 0.29) is 6.04 Å². The van der Waals surface area contributed by atoms with Gasteiger partial charge in [-0.3, -0.25) is 0 Å². The Morgan fingerprint density at radius 3 is 1.86 bits per heavy atom. The topological polar surface area (TPSA) is 40.0 Å². The van der Waals surface area contributed by atoms with Crippen LogP contribution in [0.15, 0.2) is 120 Å². The third-order valence-corrected chi connectivity index (χ3v) is 11.2. The maximum Gasteiger partial charge on any atom is 0.217 e. The van der Waals surface area contributed by atoms with Gasteiger partial charge >= 0.3 is 0 Å². The Labute approximate surface area is 261 Å². The van der Waals surface area contributed by atoms with Crippen molar-refractivity contribution in [3.63, 3.8) is 0 Å².